The molecule has 3 aromatic rings. The lowest BCUT2D eigenvalue weighted by molar-refractivity contribution is -0.146. The van der Waals surface area contributed by atoms with Gasteiger partial charge in [-0.3, -0.25) is 19.3 Å². The number of thiazole rings is 1. The number of nitrogens with zero attached hydrogens (tertiary/aromatic N) is 2. The minimum Gasteiger partial charge on any atom is -0.494 e. The number of anilines is 1. The fourth-order valence-electron chi connectivity index (χ4n) is 2.79. The van der Waals surface area contributed by atoms with E-state index < -0.39 is 18.5 Å². The van der Waals surface area contributed by atoms with Crippen LogP contribution in [0.25, 0.3) is 10.2 Å². The molecule has 0 aliphatic carbocycles. The number of likely N-dealkylation sites (N-methyl/N-ethyl adjacent to an activating group) is 1. The lowest BCUT2D eigenvalue weighted by atomic mass is 10.2. The van der Waals surface area contributed by atoms with Crippen molar-refractivity contribution in [3.05, 3.63) is 54.1 Å². The summed E-state index contributed by atoms with van der Waals surface area (Å²) in [5, 5.41) is 3.03. The van der Waals surface area contributed by atoms with Crippen LogP contribution in [0.5, 0.6) is 5.75 Å². The molecule has 0 atom stereocenters. The lowest BCUT2D eigenvalue weighted by Gasteiger charge is -2.17. The van der Waals surface area contributed by atoms with Crippen LogP contribution >= 0.6 is 11.3 Å². The Morgan fingerprint density at radius 1 is 1.06 bits per heavy atom. The number of carbonyl (C=O) groups excluding carboxylic acids is 3. The molecule has 0 aliphatic heterocycles. The zero-order valence-corrected chi connectivity index (χ0v) is 18.1. The number of rotatable bonds is 9. The van der Waals surface area contributed by atoms with Gasteiger partial charge in [0.15, 0.2) is 11.7 Å². The Labute approximate surface area is 183 Å². The number of benzene rings is 2. The summed E-state index contributed by atoms with van der Waals surface area (Å²) < 4.78 is 11.3. The summed E-state index contributed by atoms with van der Waals surface area (Å²) in [6.07, 6.45) is 0. The number of hydrogen-bond acceptors (Lipinski definition) is 7. The van der Waals surface area contributed by atoms with Gasteiger partial charge >= 0.3 is 5.97 Å². The average Bonchev–Trinajstić information content (AvgIpc) is 3.21. The number of carbonyl (C=O) groups is 3. The Balaban J connectivity index is 1.48. The van der Waals surface area contributed by atoms with E-state index in [1.807, 2.05) is 38.1 Å². The average molecular weight is 442 g/mol. The molecule has 0 saturated heterocycles. The molecule has 0 aliphatic rings. The lowest BCUT2D eigenvalue weighted by Crippen LogP contribution is -2.36. The smallest absolute Gasteiger partial charge is 0.325 e. The molecule has 0 unspecified atom stereocenters. The van der Waals surface area contributed by atoms with Crippen molar-refractivity contribution in [3.8, 4) is 5.75 Å². The Bertz CT molecular complexity index is 1030. The number of aromatic nitrogens is 1. The predicted molar refractivity (Wildman–Crippen MR) is 119 cm³/mol. The summed E-state index contributed by atoms with van der Waals surface area (Å²) in [7, 11) is 0. The number of nitrogens with one attached hydrogen (secondary N) is 1. The second kappa shape index (κ2) is 10.5. The standard InChI is InChI=1S/C22H23N3O5S/c1-3-25(22-24-17-7-5-6-8-18(17)31-22)19(26)14-30-20(27)13-23-21(28)15-9-11-16(12-10-15)29-4-2/h5-12H,3-4,13-14H2,1-2H3,(H,23,28). The fraction of sp³-hybridized carbons (Fsp3) is 0.273. The van der Waals surface area contributed by atoms with Gasteiger partial charge in [-0.2, -0.15) is 0 Å². The molecule has 2 amide bonds. The Morgan fingerprint density at radius 3 is 2.48 bits per heavy atom. The van der Waals surface area contributed by atoms with Crippen LogP contribution < -0.4 is 15.0 Å². The molecule has 1 heterocycles. The van der Waals surface area contributed by atoms with Crippen LogP contribution in [-0.2, 0) is 14.3 Å². The van der Waals surface area contributed by atoms with Crippen molar-refractivity contribution in [2.45, 2.75) is 13.8 Å². The van der Waals surface area contributed by atoms with Crippen molar-refractivity contribution in [1.29, 1.82) is 0 Å². The fourth-order valence-corrected chi connectivity index (χ4v) is 3.84. The second-order valence-corrected chi connectivity index (χ2v) is 7.41. The van der Waals surface area contributed by atoms with Crippen molar-refractivity contribution in [2.75, 3.05) is 31.2 Å². The molecule has 0 radical (unpaired) electrons. The molecular formula is C22H23N3O5S. The molecule has 31 heavy (non-hydrogen) atoms. The third-order valence-corrected chi connectivity index (χ3v) is 5.37. The first-order valence-corrected chi connectivity index (χ1v) is 10.7. The number of ether oxygens (including phenoxy) is 2. The molecule has 0 fully saturated rings. The normalized spacial score (nSPS) is 10.5. The highest BCUT2D eigenvalue weighted by Gasteiger charge is 2.20. The molecule has 1 aromatic heterocycles. The van der Waals surface area contributed by atoms with E-state index in [1.165, 1.54) is 16.2 Å². The van der Waals surface area contributed by atoms with Crippen molar-refractivity contribution < 1.29 is 23.9 Å². The van der Waals surface area contributed by atoms with Crippen LogP contribution in [0, 0.1) is 0 Å². The third-order valence-electron chi connectivity index (χ3n) is 4.31. The maximum atomic E-state index is 12.5. The van der Waals surface area contributed by atoms with Gasteiger partial charge in [0.2, 0.25) is 0 Å². The van der Waals surface area contributed by atoms with E-state index in [0.717, 1.165) is 10.2 Å². The van der Waals surface area contributed by atoms with Crippen LogP contribution in [-0.4, -0.2) is 49.1 Å². The molecule has 0 bridgehead atoms. The van der Waals surface area contributed by atoms with Crippen molar-refractivity contribution in [2.24, 2.45) is 0 Å². The Morgan fingerprint density at radius 2 is 1.81 bits per heavy atom. The van der Waals surface area contributed by atoms with E-state index >= 15 is 0 Å². The maximum absolute atomic E-state index is 12.5. The maximum Gasteiger partial charge on any atom is 0.325 e. The largest absolute Gasteiger partial charge is 0.494 e. The molecule has 2 aromatic carbocycles. The first-order chi connectivity index (χ1) is 15.0. The van der Waals surface area contributed by atoms with Crippen LogP contribution in [0.1, 0.15) is 24.2 Å². The van der Waals surface area contributed by atoms with Gasteiger partial charge in [0.25, 0.3) is 11.8 Å². The quantitative estimate of drug-likeness (QED) is 0.513. The zero-order valence-electron chi connectivity index (χ0n) is 17.3. The van der Waals surface area contributed by atoms with Crippen LogP contribution in [0.3, 0.4) is 0 Å². The molecule has 1 N–H and O–H groups in total. The highest BCUT2D eigenvalue weighted by atomic mass is 32.1. The van der Waals surface area contributed by atoms with E-state index in [0.29, 0.717) is 29.6 Å². The zero-order chi connectivity index (χ0) is 22.2. The van der Waals surface area contributed by atoms with Crippen LogP contribution in [0.4, 0.5) is 5.13 Å². The molecular weight excluding hydrogens is 418 g/mol. The minimum atomic E-state index is -0.701. The van der Waals surface area contributed by atoms with E-state index in [9.17, 15) is 14.4 Å². The summed E-state index contributed by atoms with van der Waals surface area (Å²) in [5.74, 6) is -0.845. The molecule has 9 heteroatoms. The van der Waals surface area contributed by atoms with Gasteiger partial charge in [0, 0.05) is 12.1 Å². The third kappa shape index (κ3) is 5.79. The summed E-state index contributed by atoms with van der Waals surface area (Å²) in [6.45, 7) is 3.85. The molecule has 0 spiro atoms. The molecule has 162 valence electrons. The van der Waals surface area contributed by atoms with Gasteiger partial charge in [-0.05, 0) is 50.2 Å². The van der Waals surface area contributed by atoms with Crippen LogP contribution in [0.2, 0.25) is 0 Å². The molecule has 8 nitrogen and oxygen atoms in total. The van der Waals surface area contributed by atoms with E-state index in [4.69, 9.17) is 9.47 Å². The second-order valence-electron chi connectivity index (χ2n) is 6.40. The van der Waals surface area contributed by atoms with Crippen molar-refractivity contribution in [1.82, 2.24) is 10.3 Å². The summed E-state index contributed by atoms with van der Waals surface area (Å²) in [5.41, 5.74) is 1.20. The first kappa shape index (κ1) is 22.2. The monoisotopic (exact) mass is 441 g/mol. The van der Waals surface area contributed by atoms with Gasteiger partial charge in [-0.15, -0.1) is 0 Å². The van der Waals surface area contributed by atoms with Crippen molar-refractivity contribution >= 4 is 44.5 Å². The number of hydrogen-bond donors (Lipinski definition) is 1. The van der Waals surface area contributed by atoms with Gasteiger partial charge in [0.05, 0.1) is 16.8 Å². The number of fused-ring (bicyclic) bond motifs is 1. The van der Waals surface area contributed by atoms with E-state index in [-0.39, 0.29) is 12.5 Å². The summed E-state index contributed by atoms with van der Waals surface area (Å²) >= 11 is 1.40. The van der Waals surface area contributed by atoms with Gasteiger partial charge < -0.3 is 14.8 Å². The topological polar surface area (TPSA) is 97.8 Å². The first-order valence-electron chi connectivity index (χ1n) is 9.84. The highest BCUT2D eigenvalue weighted by Crippen LogP contribution is 2.28. The Kier molecular flexibility index (Phi) is 7.55. The van der Waals surface area contributed by atoms with Crippen LogP contribution in [0.15, 0.2) is 48.5 Å². The van der Waals surface area contributed by atoms with Gasteiger partial charge in [0.1, 0.15) is 12.3 Å². The van der Waals surface area contributed by atoms with E-state index in [2.05, 4.69) is 10.3 Å². The van der Waals surface area contributed by atoms with E-state index in [1.54, 1.807) is 24.3 Å². The van der Waals surface area contributed by atoms with Gasteiger partial charge in [-0.25, -0.2) is 4.98 Å². The van der Waals surface area contributed by atoms with Gasteiger partial charge in [-0.1, -0.05) is 23.5 Å². The Hall–Kier alpha value is -3.46. The number of amides is 2. The minimum absolute atomic E-state index is 0.341. The molecule has 3 rings (SSSR count). The number of esters is 1. The summed E-state index contributed by atoms with van der Waals surface area (Å²) in [4.78, 5) is 42.6. The molecule has 0 saturated carbocycles. The SMILES string of the molecule is CCOc1ccc(C(=O)NCC(=O)OCC(=O)N(CC)c2nc3ccccc3s2)cc1. The number of para-hydroxylation sites is 1. The van der Waals surface area contributed by atoms with Crippen molar-refractivity contribution in [3.63, 3.8) is 0 Å². The highest BCUT2D eigenvalue weighted by molar-refractivity contribution is 7.22. The predicted octanol–water partition coefficient (Wildman–Crippen LogP) is 3.02. The summed E-state index contributed by atoms with van der Waals surface area (Å²) in [6, 6.07) is 14.2.